The van der Waals surface area contributed by atoms with Crippen LogP contribution in [0.15, 0.2) is 24.5 Å². The third-order valence-electron chi connectivity index (χ3n) is 4.21. The Morgan fingerprint density at radius 1 is 1.32 bits per heavy atom. The molecular formula is C19H22FN5O2S. The molecular weight excluding hydrogens is 381 g/mol. The van der Waals surface area contributed by atoms with E-state index < -0.39 is 5.82 Å². The van der Waals surface area contributed by atoms with Crippen molar-refractivity contribution in [3.63, 3.8) is 0 Å². The number of fused-ring (bicyclic) bond motifs is 1. The number of aryl methyl sites for hydroxylation is 1. The van der Waals surface area contributed by atoms with Gasteiger partial charge in [0.25, 0.3) is 5.91 Å². The number of hydrogen-bond donors (Lipinski definition) is 3. The summed E-state index contributed by atoms with van der Waals surface area (Å²) in [5, 5.41) is 16.6. The van der Waals surface area contributed by atoms with Crippen molar-refractivity contribution in [2.45, 2.75) is 13.3 Å². The predicted molar refractivity (Wildman–Crippen MR) is 109 cm³/mol. The van der Waals surface area contributed by atoms with Crippen LogP contribution in [0.2, 0.25) is 0 Å². The van der Waals surface area contributed by atoms with Gasteiger partial charge in [-0.1, -0.05) is 0 Å². The number of thiophene rings is 1. The number of carbonyl (C=O) groups excluding carboxylic acids is 1. The van der Waals surface area contributed by atoms with Crippen LogP contribution in [0.5, 0.6) is 5.75 Å². The number of aromatic nitrogens is 2. The Hall–Kier alpha value is -2.78. The van der Waals surface area contributed by atoms with Gasteiger partial charge in [-0.15, -0.1) is 11.3 Å². The summed E-state index contributed by atoms with van der Waals surface area (Å²) in [5.41, 5.74) is 1.08. The molecule has 148 valence electrons. The molecule has 3 rings (SSSR count). The largest absolute Gasteiger partial charge is 0.506 e. The summed E-state index contributed by atoms with van der Waals surface area (Å²) in [5.74, 6) is -0.448. The second-order valence-corrected chi connectivity index (χ2v) is 7.66. The first-order valence-corrected chi connectivity index (χ1v) is 9.61. The molecule has 0 bridgehead atoms. The second-order valence-electron chi connectivity index (χ2n) is 6.66. The van der Waals surface area contributed by atoms with E-state index >= 15 is 0 Å². The van der Waals surface area contributed by atoms with E-state index in [9.17, 15) is 14.3 Å². The number of nitrogens with one attached hydrogen (secondary N) is 2. The van der Waals surface area contributed by atoms with E-state index in [1.165, 1.54) is 29.8 Å². The summed E-state index contributed by atoms with van der Waals surface area (Å²) >= 11 is 1.29. The second kappa shape index (κ2) is 8.49. The predicted octanol–water partition coefficient (Wildman–Crippen LogP) is 3.27. The number of nitrogens with zero attached hydrogens (tertiary/aromatic N) is 3. The fourth-order valence-electron chi connectivity index (χ4n) is 2.80. The Balaban J connectivity index is 1.85. The molecule has 2 aromatic heterocycles. The molecule has 7 nitrogen and oxygen atoms in total. The Bertz CT molecular complexity index is 1010. The highest BCUT2D eigenvalue weighted by atomic mass is 32.1. The number of carbonyl (C=O) groups is 1. The molecule has 9 heteroatoms. The van der Waals surface area contributed by atoms with Crippen LogP contribution in [0, 0.1) is 12.7 Å². The van der Waals surface area contributed by atoms with Crippen LogP contribution in [0.3, 0.4) is 0 Å². The maximum absolute atomic E-state index is 13.2. The van der Waals surface area contributed by atoms with E-state index in [1.807, 2.05) is 21.0 Å². The van der Waals surface area contributed by atoms with Crippen molar-refractivity contribution in [1.82, 2.24) is 20.2 Å². The minimum Gasteiger partial charge on any atom is -0.506 e. The van der Waals surface area contributed by atoms with Crippen LogP contribution in [0.25, 0.3) is 10.2 Å². The minimum atomic E-state index is -0.532. The molecule has 0 atom stereocenters. The highest BCUT2D eigenvalue weighted by Crippen LogP contribution is 2.36. The van der Waals surface area contributed by atoms with E-state index in [0.717, 1.165) is 24.6 Å². The average molecular weight is 403 g/mol. The highest BCUT2D eigenvalue weighted by Gasteiger charge is 2.19. The van der Waals surface area contributed by atoms with Gasteiger partial charge in [0.15, 0.2) is 0 Å². The van der Waals surface area contributed by atoms with Crippen molar-refractivity contribution in [2.24, 2.45) is 0 Å². The van der Waals surface area contributed by atoms with E-state index in [-0.39, 0.29) is 11.7 Å². The molecule has 1 aromatic carbocycles. The molecule has 0 radical (unpaired) electrons. The zero-order valence-electron chi connectivity index (χ0n) is 15.9. The summed E-state index contributed by atoms with van der Waals surface area (Å²) in [6.07, 6.45) is 2.25. The first-order valence-electron chi connectivity index (χ1n) is 8.79. The maximum Gasteiger partial charge on any atom is 0.261 e. The Labute approximate surface area is 166 Å². The molecule has 0 fully saturated rings. The summed E-state index contributed by atoms with van der Waals surface area (Å²) in [6.45, 7) is 3.32. The smallest absolute Gasteiger partial charge is 0.261 e. The van der Waals surface area contributed by atoms with Gasteiger partial charge in [-0.05, 0) is 51.7 Å². The SMILES string of the molecule is Cc1c(C(=O)NCCCN(C)C)sc2ncnc(Nc3ccc(F)cc3O)c12. The monoisotopic (exact) mass is 403 g/mol. The number of phenolic OH excluding ortho intramolecular Hbond substituents is 1. The van der Waals surface area contributed by atoms with Crippen molar-refractivity contribution in [2.75, 3.05) is 32.5 Å². The van der Waals surface area contributed by atoms with Crippen LogP contribution in [-0.2, 0) is 0 Å². The van der Waals surface area contributed by atoms with E-state index in [1.54, 1.807) is 0 Å². The van der Waals surface area contributed by atoms with E-state index in [4.69, 9.17) is 0 Å². The van der Waals surface area contributed by atoms with Gasteiger partial charge in [0.05, 0.1) is 16.0 Å². The number of phenols is 1. The van der Waals surface area contributed by atoms with Crippen molar-refractivity contribution in [3.05, 3.63) is 40.8 Å². The highest BCUT2D eigenvalue weighted by molar-refractivity contribution is 7.20. The van der Waals surface area contributed by atoms with Crippen molar-refractivity contribution in [3.8, 4) is 5.75 Å². The van der Waals surface area contributed by atoms with Crippen LogP contribution in [-0.4, -0.2) is 53.1 Å². The lowest BCUT2D eigenvalue weighted by Gasteiger charge is -2.10. The third kappa shape index (κ3) is 4.37. The Morgan fingerprint density at radius 2 is 2.11 bits per heavy atom. The van der Waals surface area contributed by atoms with Gasteiger partial charge in [0.2, 0.25) is 0 Å². The quantitative estimate of drug-likeness (QED) is 0.414. The number of amides is 1. The fraction of sp³-hybridized carbons (Fsp3) is 0.316. The molecule has 3 aromatic rings. The minimum absolute atomic E-state index is 0.144. The Kier molecular flexibility index (Phi) is 6.05. The summed E-state index contributed by atoms with van der Waals surface area (Å²) in [7, 11) is 3.98. The first kappa shape index (κ1) is 20.0. The fourth-order valence-corrected chi connectivity index (χ4v) is 3.86. The number of anilines is 2. The zero-order valence-corrected chi connectivity index (χ0v) is 16.7. The number of benzene rings is 1. The third-order valence-corrected chi connectivity index (χ3v) is 5.41. The molecule has 0 saturated carbocycles. The van der Waals surface area contributed by atoms with Gasteiger partial charge in [-0.2, -0.15) is 0 Å². The molecule has 1 amide bonds. The molecule has 0 unspecified atom stereocenters. The molecule has 2 heterocycles. The van der Waals surface area contributed by atoms with Crippen LogP contribution < -0.4 is 10.6 Å². The lowest BCUT2D eigenvalue weighted by Crippen LogP contribution is -2.26. The normalized spacial score (nSPS) is 11.2. The summed E-state index contributed by atoms with van der Waals surface area (Å²) < 4.78 is 13.2. The van der Waals surface area contributed by atoms with Crippen LogP contribution in [0.1, 0.15) is 21.7 Å². The Morgan fingerprint density at radius 3 is 2.82 bits per heavy atom. The molecule has 28 heavy (non-hydrogen) atoms. The standard InChI is InChI=1S/C19H22FN5O2S/c1-11-15-17(24-13-6-5-12(20)9-14(13)26)22-10-23-19(15)28-16(11)18(27)21-7-4-8-25(2)3/h5-6,9-10,26H,4,7-8H2,1-3H3,(H,21,27)(H,22,23,24). The molecule has 0 aliphatic carbocycles. The van der Waals surface area contributed by atoms with Gasteiger partial charge >= 0.3 is 0 Å². The van der Waals surface area contributed by atoms with Gasteiger partial charge in [-0.3, -0.25) is 4.79 Å². The molecule has 0 aliphatic heterocycles. The van der Waals surface area contributed by atoms with Crippen molar-refractivity contribution in [1.29, 1.82) is 0 Å². The molecule has 3 N–H and O–H groups in total. The van der Waals surface area contributed by atoms with Crippen LogP contribution >= 0.6 is 11.3 Å². The van der Waals surface area contributed by atoms with Gasteiger partial charge in [0.1, 0.15) is 28.5 Å². The van der Waals surface area contributed by atoms with Crippen molar-refractivity contribution < 1.29 is 14.3 Å². The lowest BCUT2D eigenvalue weighted by molar-refractivity contribution is 0.0956. The summed E-state index contributed by atoms with van der Waals surface area (Å²) in [4.78, 5) is 24.4. The molecule has 0 spiro atoms. The topological polar surface area (TPSA) is 90.4 Å². The maximum atomic E-state index is 13.2. The van der Waals surface area contributed by atoms with E-state index in [0.29, 0.717) is 33.1 Å². The van der Waals surface area contributed by atoms with E-state index in [2.05, 4.69) is 25.5 Å². The van der Waals surface area contributed by atoms with Gasteiger partial charge in [-0.25, -0.2) is 14.4 Å². The lowest BCUT2D eigenvalue weighted by atomic mass is 10.2. The number of aromatic hydroxyl groups is 1. The summed E-state index contributed by atoms with van der Waals surface area (Å²) in [6, 6.07) is 3.69. The van der Waals surface area contributed by atoms with Gasteiger partial charge < -0.3 is 20.6 Å². The first-order chi connectivity index (χ1) is 13.4. The number of rotatable bonds is 7. The average Bonchev–Trinajstić information content (AvgIpc) is 2.98. The van der Waals surface area contributed by atoms with Crippen molar-refractivity contribution >= 4 is 39.0 Å². The molecule has 0 aliphatic rings. The zero-order chi connectivity index (χ0) is 20.3. The van der Waals surface area contributed by atoms with Gasteiger partial charge in [0, 0.05) is 12.6 Å². The van der Waals surface area contributed by atoms with Crippen LogP contribution in [0.4, 0.5) is 15.9 Å². The number of halogens is 1. The number of hydrogen-bond acceptors (Lipinski definition) is 7. The molecule has 0 saturated heterocycles.